The van der Waals surface area contributed by atoms with E-state index < -0.39 is 0 Å². The van der Waals surface area contributed by atoms with Crippen molar-refractivity contribution in [1.29, 1.82) is 0 Å². The first-order chi connectivity index (χ1) is 10.5. The second-order valence-electron chi connectivity index (χ2n) is 5.51. The maximum Gasteiger partial charge on any atom is 0.227 e. The molecule has 0 aliphatic rings. The molecule has 0 atom stereocenters. The molecule has 2 aromatic carbocycles. The summed E-state index contributed by atoms with van der Waals surface area (Å²) >= 11 is 3.31. The molecular weight excluding hydrogens is 345 g/mol. The molecule has 4 heteroatoms. The van der Waals surface area contributed by atoms with Gasteiger partial charge in [0, 0.05) is 17.1 Å². The van der Waals surface area contributed by atoms with E-state index in [4.69, 9.17) is 0 Å². The third-order valence-electron chi connectivity index (χ3n) is 3.49. The lowest BCUT2D eigenvalue weighted by Gasteiger charge is -2.27. The van der Waals surface area contributed by atoms with Gasteiger partial charge in [0.1, 0.15) is 5.82 Å². The van der Waals surface area contributed by atoms with E-state index in [1.165, 1.54) is 6.07 Å². The van der Waals surface area contributed by atoms with Crippen LogP contribution in [0.2, 0.25) is 0 Å². The highest BCUT2D eigenvalue weighted by Crippen LogP contribution is 2.18. The summed E-state index contributed by atoms with van der Waals surface area (Å²) in [7, 11) is 0. The number of carbonyl (C=O) groups is 1. The Morgan fingerprint density at radius 1 is 1.18 bits per heavy atom. The molecule has 0 aliphatic carbocycles. The molecule has 2 rings (SSSR count). The van der Waals surface area contributed by atoms with Crippen LogP contribution in [0.25, 0.3) is 0 Å². The Morgan fingerprint density at radius 2 is 1.86 bits per heavy atom. The second-order valence-corrected chi connectivity index (χ2v) is 6.43. The fourth-order valence-corrected chi connectivity index (χ4v) is 2.69. The first kappa shape index (κ1) is 16.7. The minimum absolute atomic E-state index is 0.0583. The summed E-state index contributed by atoms with van der Waals surface area (Å²) in [5.74, 6) is -0.421. The SMILES string of the molecule is CC(C)N(Cc1ccccc1)C(=O)Cc1cc(Br)ccc1F. The van der Waals surface area contributed by atoms with Crippen molar-refractivity contribution in [2.45, 2.75) is 32.9 Å². The highest BCUT2D eigenvalue weighted by molar-refractivity contribution is 9.10. The maximum atomic E-state index is 13.8. The van der Waals surface area contributed by atoms with Crippen molar-refractivity contribution >= 4 is 21.8 Å². The van der Waals surface area contributed by atoms with Gasteiger partial charge in [-0.05, 0) is 43.2 Å². The smallest absolute Gasteiger partial charge is 0.227 e. The molecule has 0 aromatic heterocycles. The number of halogens is 2. The van der Waals surface area contributed by atoms with E-state index in [0.717, 1.165) is 10.0 Å². The standard InChI is InChI=1S/C18H19BrFNO/c1-13(2)21(12-14-6-4-3-5-7-14)18(22)11-15-10-16(19)8-9-17(15)20/h3-10,13H,11-12H2,1-2H3. The Hall–Kier alpha value is -1.68. The van der Waals surface area contributed by atoms with E-state index in [1.807, 2.05) is 44.2 Å². The van der Waals surface area contributed by atoms with Gasteiger partial charge in [0.15, 0.2) is 0 Å². The summed E-state index contributed by atoms with van der Waals surface area (Å²) in [5.41, 5.74) is 1.48. The number of benzene rings is 2. The van der Waals surface area contributed by atoms with Crippen LogP contribution in [-0.2, 0) is 17.8 Å². The van der Waals surface area contributed by atoms with E-state index in [-0.39, 0.29) is 24.2 Å². The lowest BCUT2D eigenvalue weighted by molar-refractivity contribution is -0.132. The van der Waals surface area contributed by atoms with Crippen LogP contribution in [-0.4, -0.2) is 16.8 Å². The summed E-state index contributed by atoms with van der Waals surface area (Å²) in [4.78, 5) is 14.3. The first-order valence-corrected chi connectivity index (χ1v) is 8.04. The van der Waals surface area contributed by atoms with E-state index in [9.17, 15) is 9.18 Å². The molecule has 1 amide bonds. The molecular formula is C18H19BrFNO. The Morgan fingerprint density at radius 3 is 2.50 bits per heavy atom. The Kier molecular flexibility index (Phi) is 5.72. The summed E-state index contributed by atoms with van der Waals surface area (Å²) in [6.45, 7) is 4.48. The molecule has 0 saturated heterocycles. The van der Waals surface area contributed by atoms with Gasteiger partial charge in [-0.3, -0.25) is 4.79 Å². The molecule has 0 radical (unpaired) electrons. The van der Waals surface area contributed by atoms with Gasteiger partial charge in [-0.15, -0.1) is 0 Å². The van der Waals surface area contributed by atoms with Crippen LogP contribution >= 0.6 is 15.9 Å². The molecule has 2 aromatic rings. The average molecular weight is 364 g/mol. The van der Waals surface area contributed by atoms with Crippen LogP contribution in [0.4, 0.5) is 4.39 Å². The topological polar surface area (TPSA) is 20.3 Å². The summed E-state index contributed by atoms with van der Waals surface area (Å²) in [6.07, 6.45) is 0.0658. The Bertz CT molecular complexity index is 643. The molecule has 0 unspecified atom stereocenters. The summed E-state index contributed by atoms with van der Waals surface area (Å²) < 4.78 is 14.6. The quantitative estimate of drug-likeness (QED) is 0.761. The fraction of sp³-hybridized carbons (Fsp3) is 0.278. The van der Waals surface area contributed by atoms with E-state index in [2.05, 4.69) is 15.9 Å². The van der Waals surface area contributed by atoms with Crippen LogP contribution < -0.4 is 0 Å². The number of rotatable bonds is 5. The molecule has 2 nitrogen and oxygen atoms in total. The molecule has 0 spiro atoms. The maximum absolute atomic E-state index is 13.8. The molecule has 116 valence electrons. The zero-order chi connectivity index (χ0) is 16.1. The Balaban J connectivity index is 2.15. The predicted molar refractivity (Wildman–Crippen MR) is 89.9 cm³/mol. The van der Waals surface area contributed by atoms with Gasteiger partial charge in [-0.25, -0.2) is 4.39 Å². The van der Waals surface area contributed by atoms with Gasteiger partial charge in [-0.2, -0.15) is 0 Å². The van der Waals surface area contributed by atoms with Crippen molar-refractivity contribution in [2.24, 2.45) is 0 Å². The van der Waals surface area contributed by atoms with E-state index in [0.29, 0.717) is 12.1 Å². The van der Waals surface area contributed by atoms with Gasteiger partial charge >= 0.3 is 0 Å². The minimum atomic E-state index is -0.347. The van der Waals surface area contributed by atoms with Gasteiger partial charge in [-0.1, -0.05) is 46.3 Å². The third-order valence-corrected chi connectivity index (χ3v) is 3.98. The number of amides is 1. The lowest BCUT2D eigenvalue weighted by atomic mass is 10.1. The van der Waals surface area contributed by atoms with Crippen molar-refractivity contribution in [3.8, 4) is 0 Å². The normalized spacial score (nSPS) is 10.8. The molecule has 0 heterocycles. The molecule has 0 fully saturated rings. The highest BCUT2D eigenvalue weighted by atomic mass is 79.9. The first-order valence-electron chi connectivity index (χ1n) is 7.24. The van der Waals surface area contributed by atoms with Crippen molar-refractivity contribution in [3.63, 3.8) is 0 Å². The number of hydrogen-bond acceptors (Lipinski definition) is 1. The largest absolute Gasteiger partial charge is 0.336 e. The third kappa shape index (κ3) is 4.41. The van der Waals surface area contributed by atoms with E-state index >= 15 is 0 Å². The number of carbonyl (C=O) groups excluding carboxylic acids is 1. The summed E-state index contributed by atoms with van der Waals surface area (Å²) in [6, 6.07) is 14.6. The second kappa shape index (κ2) is 7.54. The predicted octanol–water partition coefficient (Wildman–Crippen LogP) is 4.57. The zero-order valence-electron chi connectivity index (χ0n) is 12.7. The lowest BCUT2D eigenvalue weighted by Crippen LogP contribution is -2.37. The van der Waals surface area contributed by atoms with Crippen molar-refractivity contribution in [3.05, 3.63) is 69.9 Å². The molecule has 22 heavy (non-hydrogen) atoms. The zero-order valence-corrected chi connectivity index (χ0v) is 14.3. The van der Waals surface area contributed by atoms with Crippen LogP contribution in [0, 0.1) is 5.82 Å². The van der Waals surface area contributed by atoms with Crippen molar-refractivity contribution in [2.75, 3.05) is 0 Å². The molecule has 0 N–H and O–H groups in total. The van der Waals surface area contributed by atoms with Crippen LogP contribution in [0.5, 0.6) is 0 Å². The highest BCUT2D eigenvalue weighted by Gasteiger charge is 2.19. The molecule has 0 bridgehead atoms. The van der Waals surface area contributed by atoms with Crippen LogP contribution in [0.15, 0.2) is 53.0 Å². The van der Waals surface area contributed by atoms with Gasteiger partial charge in [0.05, 0.1) is 6.42 Å². The van der Waals surface area contributed by atoms with Crippen molar-refractivity contribution in [1.82, 2.24) is 4.90 Å². The fourth-order valence-electron chi connectivity index (χ4n) is 2.28. The summed E-state index contributed by atoms with van der Waals surface area (Å²) in [5, 5.41) is 0. The molecule has 0 aliphatic heterocycles. The minimum Gasteiger partial charge on any atom is -0.336 e. The van der Waals surface area contributed by atoms with Crippen LogP contribution in [0.1, 0.15) is 25.0 Å². The number of hydrogen-bond donors (Lipinski definition) is 0. The van der Waals surface area contributed by atoms with Gasteiger partial charge in [0.25, 0.3) is 0 Å². The van der Waals surface area contributed by atoms with Crippen molar-refractivity contribution < 1.29 is 9.18 Å². The average Bonchev–Trinajstić information content (AvgIpc) is 2.49. The van der Waals surface area contributed by atoms with E-state index in [1.54, 1.807) is 17.0 Å². The number of nitrogens with zero attached hydrogens (tertiary/aromatic N) is 1. The monoisotopic (exact) mass is 363 g/mol. The van der Waals surface area contributed by atoms with Gasteiger partial charge < -0.3 is 4.90 Å². The Labute approximate surface area is 139 Å². The molecule has 0 saturated carbocycles. The van der Waals surface area contributed by atoms with Crippen LogP contribution in [0.3, 0.4) is 0 Å². The van der Waals surface area contributed by atoms with Gasteiger partial charge in [0.2, 0.25) is 5.91 Å².